The summed E-state index contributed by atoms with van der Waals surface area (Å²) in [5.41, 5.74) is 2.49. The zero-order valence-corrected chi connectivity index (χ0v) is 40.3. The topological polar surface area (TPSA) is 243 Å². The van der Waals surface area contributed by atoms with Crippen molar-refractivity contribution in [1.29, 1.82) is 0 Å². The highest BCUT2D eigenvalue weighted by Gasteiger charge is 2.40. The number of aryl methyl sites for hydroxylation is 3. The first-order valence-corrected chi connectivity index (χ1v) is 26.8. The van der Waals surface area contributed by atoms with Gasteiger partial charge in [0.15, 0.2) is 11.3 Å². The van der Waals surface area contributed by atoms with Crippen molar-refractivity contribution in [2.45, 2.75) is 123 Å². The van der Waals surface area contributed by atoms with Crippen LogP contribution >= 0.6 is 0 Å². The van der Waals surface area contributed by atoms with Crippen LogP contribution in [0.5, 0.6) is 0 Å². The fourth-order valence-electron chi connectivity index (χ4n) is 11.3. The molecule has 0 radical (unpaired) electrons. The number of fused-ring (bicyclic) bond motifs is 2. The maximum Gasteiger partial charge on any atom is 0.330 e. The third-order valence-corrected chi connectivity index (χ3v) is 18.9. The molecule has 25 heteroatoms. The summed E-state index contributed by atoms with van der Waals surface area (Å²) in [6.07, 6.45) is 18.8. The summed E-state index contributed by atoms with van der Waals surface area (Å²) in [7, 11) is -2.11. The van der Waals surface area contributed by atoms with E-state index in [1.807, 2.05) is 13.7 Å². The molecule has 0 atom stereocenters. The molecule has 3 aliphatic heterocycles. The van der Waals surface area contributed by atoms with E-state index in [2.05, 4.69) is 30.7 Å². The van der Waals surface area contributed by atoms with Crippen LogP contribution in [-0.2, 0) is 41.2 Å². The van der Waals surface area contributed by atoms with Gasteiger partial charge < -0.3 is 15.5 Å². The van der Waals surface area contributed by atoms with E-state index in [0.29, 0.717) is 86.6 Å². The smallest absolute Gasteiger partial charge is 0.330 e. The second-order valence-electron chi connectivity index (χ2n) is 19.4. The molecule has 5 fully saturated rings. The molecule has 68 heavy (non-hydrogen) atoms. The molecule has 2 aliphatic carbocycles. The van der Waals surface area contributed by atoms with Gasteiger partial charge in [0.2, 0.25) is 31.9 Å². The maximum atomic E-state index is 14.4. The number of rotatable bonds is 12. The normalized spacial score (nSPS) is 22.7. The Balaban J connectivity index is 0.729. The molecule has 3 saturated heterocycles. The van der Waals surface area contributed by atoms with E-state index in [-0.39, 0.29) is 51.4 Å². The van der Waals surface area contributed by atoms with Crippen molar-refractivity contribution in [2.75, 3.05) is 49.9 Å². The minimum Gasteiger partial charge on any atom is -0.351 e. The Morgan fingerprint density at radius 1 is 0.529 bits per heavy atom. The van der Waals surface area contributed by atoms with Gasteiger partial charge in [0.1, 0.15) is 20.8 Å². The van der Waals surface area contributed by atoms with E-state index >= 15 is 0 Å². The van der Waals surface area contributed by atoms with Gasteiger partial charge in [-0.25, -0.2) is 36.4 Å². The molecule has 9 heterocycles. The summed E-state index contributed by atoms with van der Waals surface area (Å²) in [6, 6.07) is 0.320. The molecular weight excluding hydrogens is 915 g/mol. The number of anilines is 2. The van der Waals surface area contributed by atoms with E-state index in [4.69, 9.17) is 15.0 Å². The van der Waals surface area contributed by atoms with Gasteiger partial charge in [0, 0.05) is 109 Å². The quantitative estimate of drug-likeness (QED) is 0.179. The lowest BCUT2D eigenvalue weighted by Crippen LogP contribution is -2.50. The van der Waals surface area contributed by atoms with Crippen LogP contribution in [0.4, 0.5) is 11.9 Å². The van der Waals surface area contributed by atoms with Crippen LogP contribution in [0, 0.1) is 0 Å². The number of imidazole rings is 2. The fraction of sp³-hybridized carbons (Fsp3) is 0.628. The maximum absolute atomic E-state index is 14.4. The third kappa shape index (κ3) is 8.01. The van der Waals surface area contributed by atoms with Gasteiger partial charge in [-0.1, -0.05) is 12.8 Å². The van der Waals surface area contributed by atoms with Crippen LogP contribution in [0.15, 0.2) is 56.6 Å². The molecular formula is C43H59N17O6S2. The second-order valence-corrected chi connectivity index (χ2v) is 23.2. The molecule has 0 aromatic carbocycles. The van der Waals surface area contributed by atoms with Gasteiger partial charge in [0.05, 0.1) is 24.8 Å². The average molecular weight is 974 g/mol. The second kappa shape index (κ2) is 17.5. The highest BCUT2D eigenvalue weighted by Crippen LogP contribution is 2.40. The number of piperidine rings is 3. The largest absolute Gasteiger partial charge is 0.351 e. The Bertz CT molecular complexity index is 3190. The third-order valence-electron chi connectivity index (χ3n) is 15.2. The fourth-order valence-corrected chi connectivity index (χ4v) is 14.2. The van der Waals surface area contributed by atoms with Crippen LogP contribution in [0.2, 0.25) is 0 Å². The molecule has 2 N–H and O–H groups in total. The van der Waals surface area contributed by atoms with Crippen molar-refractivity contribution in [3.8, 4) is 0 Å². The van der Waals surface area contributed by atoms with Crippen LogP contribution < -0.4 is 22.0 Å². The van der Waals surface area contributed by atoms with Gasteiger partial charge in [-0.15, -0.1) is 0 Å². The minimum absolute atomic E-state index is 0.0185. The summed E-state index contributed by atoms with van der Waals surface area (Å²) in [4.78, 5) is 50.2. The monoisotopic (exact) mass is 973 g/mol. The standard InChI is InChI=1S/C43H59N17O6S2/c1-52-26-34(22-46-52)67(63,64)56-16-8-28(9-17-56)48-40-44-24-36-38(50-40)59(42(61)54(36)3)31-12-14-55(15-13-31)32-20-33(21-32)58-37-25-45-41(51-39(37)60(43(58)62)30-6-4-5-7-30)49-29-10-18-57(19-11-29)68(65,66)35-23-47-53(2)27-35/h22-33H,4-21H2,1-3H3,(H,44,48,50)(H,45,49,51). The summed E-state index contributed by atoms with van der Waals surface area (Å²) < 4.78 is 65.9. The predicted octanol–water partition coefficient (Wildman–Crippen LogP) is 2.19. The van der Waals surface area contributed by atoms with Crippen LogP contribution in [0.1, 0.15) is 95.2 Å². The van der Waals surface area contributed by atoms with Crippen LogP contribution in [0.3, 0.4) is 0 Å². The Morgan fingerprint density at radius 3 is 1.50 bits per heavy atom. The summed E-state index contributed by atoms with van der Waals surface area (Å²) >= 11 is 0. The molecule has 23 nitrogen and oxygen atoms in total. The Labute approximate surface area is 393 Å². The lowest BCUT2D eigenvalue weighted by atomic mass is 9.84. The molecule has 11 rings (SSSR count). The zero-order valence-electron chi connectivity index (χ0n) is 38.6. The van der Waals surface area contributed by atoms with Crippen molar-refractivity contribution in [2.24, 2.45) is 21.1 Å². The highest BCUT2D eigenvalue weighted by atomic mass is 32.2. The first-order valence-electron chi connectivity index (χ1n) is 23.9. The number of hydrogen-bond acceptors (Lipinski definition) is 15. The molecule has 0 amide bonds. The van der Waals surface area contributed by atoms with Crippen molar-refractivity contribution >= 4 is 54.3 Å². The summed E-state index contributed by atoms with van der Waals surface area (Å²) in [5.74, 6) is 0.862. The summed E-state index contributed by atoms with van der Waals surface area (Å²) in [5, 5.41) is 14.9. The van der Waals surface area contributed by atoms with E-state index in [1.165, 1.54) is 42.8 Å². The number of hydrogen-bond donors (Lipinski definition) is 2. The number of sulfonamides is 2. The first-order chi connectivity index (χ1) is 32.7. The molecule has 0 unspecified atom stereocenters. The predicted molar refractivity (Wildman–Crippen MR) is 251 cm³/mol. The minimum atomic E-state index is -3.62. The number of aromatic nitrogens is 12. The Hall–Kier alpha value is -5.50. The van der Waals surface area contributed by atoms with Crippen molar-refractivity contribution in [1.82, 2.24) is 71.3 Å². The van der Waals surface area contributed by atoms with Crippen LogP contribution in [-0.4, -0.2) is 146 Å². The SMILES string of the molecule is Cn1cc(S(=O)(=O)N2CCC(Nc3ncc4c(n3)n(C3CCN(C5CC(n6c(=O)n(C7CCCC7)c7nc(NC8CCN(S(=O)(=O)c9cnn(C)c9)CC8)ncc76)C5)CC3)c(=O)n4C)CC2)cn1. The van der Waals surface area contributed by atoms with Crippen molar-refractivity contribution in [3.05, 3.63) is 58.1 Å². The van der Waals surface area contributed by atoms with Gasteiger partial charge in [-0.05, 0) is 64.2 Å². The number of nitrogens with zero attached hydrogens (tertiary/aromatic N) is 15. The first kappa shape index (κ1) is 45.0. The number of nitrogens with one attached hydrogen (secondary N) is 2. The van der Waals surface area contributed by atoms with E-state index in [9.17, 15) is 26.4 Å². The molecule has 0 spiro atoms. The van der Waals surface area contributed by atoms with Crippen molar-refractivity contribution in [3.63, 3.8) is 0 Å². The van der Waals surface area contributed by atoms with Gasteiger partial charge in [0.25, 0.3) is 0 Å². The molecule has 6 aromatic heterocycles. The average Bonchev–Trinajstić information content (AvgIpc) is 4.17. The summed E-state index contributed by atoms with van der Waals surface area (Å²) in [6.45, 7) is 3.07. The Kier molecular flexibility index (Phi) is 11.6. The molecule has 2 saturated carbocycles. The van der Waals surface area contributed by atoms with Gasteiger partial charge in [-0.3, -0.25) is 27.6 Å². The zero-order chi connectivity index (χ0) is 47.1. The van der Waals surface area contributed by atoms with Gasteiger partial charge >= 0.3 is 11.4 Å². The molecule has 0 bridgehead atoms. The molecule has 5 aliphatic rings. The number of likely N-dealkylation sites (tertiary alicyclic amines) is 1. The van der Waals surface area contributed by atoms with Gasteiger partial charge in [-0.2, -0.15) is 28.8 Å². The van der Waals surface area contributed by atoms with Crippen LogP contribution in [0.25, 0.3) is 22.3 Å². The van der Waals surface area contributed by atoms with E-state index in [0.717, 1.165) is 70.0 Å². The highest BCUT2D eigenvalue weighted by molar-refractivity contribution is 7.89. The van der Waals surface area contributed by atoms with Crippen molar-refractivity contribution < 1.29 is 16.8 Å². The Morgan fingerprint density at radius 2 is 1.00 bits per heavy atom. The lowest BCUT2D eigenvalue weighted by molar-refractivity contribution is 0.0540. The van der Waals surface area contributed by atoms with E-state index < -0.39 is 20.0 Å². The lowest BCUT2D eigenvalue weighted by Gasteiger charge is -2.46. The molecule has 6 aromatic rings. The van der Waals surface area contributed by atoms with E-state index in [1.54, 1.807) is 38.1 Å². The molecule has 364 valence electrons.